The van der Waals surface area contributed by atoms with Gasteiger partial charge in [0.25, 0.3) is 0 Å². The van der Waals surface area contributed by atoms with Crippen molar-refractivity contribution in [2.75, 3.05) is 0 Å². The van der Waals surface area contributed by atoms with Gasteiger partial charge in [0.05, 0.1) is 6.54 Å². The monoisotopic (exact) mass is 295 g/mol. The van der Waals surface area contributed by atoms with Crippen LogP contribution in [0.15, 0.2) is 5.38 Å². The van der Waals surface area contributed by atoms with Crippen LogP contribution >= 0.6 is 11.3 Å². The molecule has 1 N–H and O–H groups in total. The molecule has 6 heteroatoms. The fourth-order valence-electron chi connectivity index (χ4n) is 2.45. The highest BCUT2D eigenvalue weighted by molar-refractivity contribution is 7.09. The van der Waals surface area contributed by atoms with Crippen molar-refractivity contribution in [2.24, 2.45) is 0 Å². The van der Waals surface area contributed by atoms with Gasteiger partial charge < -0.3 is 10.2 Å². The Balaban J connectivity index is 2.18. The van der Waals surface area contributed by atoms with Crippen LogP contribution in [0, 0.1) is 6.92 Å². The Morgan fingerprint density at radius 3 is 2.85 bits per heavy atom. The third kappa shape index (κ3) is 3.36. The normalized spacial score (nSPS) is 23.6. The first kappa shape index (κ1) is 15.0. The van der Waals surface area contributed by atoms with Crippen molar-refractivity contribution >= 4 is 23.2 Å². The first-order valence-electron chi connectivity index (χ1n) is 7.02. The number of nitrogens with one attached hydrogen (secondary N) is 1. The second-order valence-corrected chi connectivity index (χ2v) is 6.25. The molecule has 1 aromatic heterocycles. The lowest BCUT2D eigenvalue weighted by molar-refractivity contribution is -0.135. The van der Waals surface area contributed by atoms with Crippen LogP contribution < -0.4 is 5.32 Å². The van der Waals surface area contributed by atoms with E-state index < -0.39 is 6.04 Å². The lowest BCUT2D eigenvalue weighted by atomic mass is 10.1. The SMILES string of the molecule is CCCC1NC(=O)CC(C)N(Cc2nc(C)cs2)C1=O. The molecule has 0 aliphatic carbocycles. The Hall–Kier alpha value is -1.43. The molecular weight excluding hydrogens is 274 g/mol. The number of amides is 2. The minimum Gasteiger partial charge on any atom is -0.344 e. The number of carbonyl (C=O) groups excluding carboxylic acids is 2. The van der Waals surface area contributed by atoms with Gasteiger partial charge in [-0.15, -0.1) is 11.3 Å². The van der Waals surface area contributed by atoms with Gasteiger partial charge in [-0.05, 0) is 20.3 Å². The van der Waals surface area contributed by atoms with E-state index in [1.165, 1.54) is 0 Å². The molecular formula is C14H21N3O2S. The Labute approximate surface area is 123 Å². The molecule has 1 saturated heterocycles. The lowest BCUT2D eigenvalue weighted by Gasteiger charge is -2.27. The molecule has 2 amide bonds. The number of aryl methyl sites for hydroxylation is 1. The van der Waals surface area contributed by atoms with E-state index in [9.17, 15) is 9.59 Å². The second kappa shape index (κ2) is 6.35. The maximum Gasteiger partial charge on any atom is 0.245 e. The van der Waals surface area contributed by atoms with Crippen molar-refractivity contribution in [1.29, 1.82) is 0 Å². The summed E-state index contributed by atoms with van der Waals surface area (Å²) in [5, 5.41) is 5.74. The summed E-state index contributed by atoms with van der Waals surface area (Å²) < 4.78 is 0. The highest BCUT2D eigenvalue weighted by atomic mass is 32.1. The lowest BCUT2D eigenvalue weighted by Crippen LogP contribution is -2.45. The third-order valence-corrected chi connectivity index (χ3v) is 4.43. The van der Waals surface area contributed by atoms with Gasteiger partial charge in [-0.25, -0.2) is 4.98 Å². The molecule has 1 fully saturated rings. The summed E-state index contributed by atoms with van der Waals surface area (Å²) in [7, 11) is 0. The van der Waals surface area contributed by atoms with Crippen molar-refractivity contribution in [3.8, 4) is 0 Å². The summed E-state index contributed by atoms with van der Waals surface area (Å²) in [5.41, 5.74) is 0.972. The van der Waals surface area contributed by atoms with Crippen LogP contribution in [0.1, 0.15) is 43.8 Å². The molecule has 0 saturated carbocycles. The van der Waals surface area contributed by atoms with Crippen LogP contribution in [0.2, 0.25) is 0 Å². The standard InChI is InChI=1S/C14H21N3O2S/c1-4-5-11-14(19)17(10(3)6-12(18)16-11)7-13-15-9(2)8-20-13/h8,10-11H,4-7H2,1-3H3,(H,16,18). The van der Waals surface area contributed by atoms with Gasteiger partial charge >= 0.3 is 0 Å². The van der Waals surface area contributed by atoms with Crippen LogP contribution in [0.3, 0.4) is 0 Å². The molecule has 2 rings (SSSR count). The molecule has 0 spiro atoms. The summed E-state index contributed by atoms with van der Waals surface area (Å²) in [5.74, 6) is -0.0276. The van der Waals surface area contributed by atoms with E-state index in [0.717, 1.165) is 17.1 Å². The van der Waals surface area contributed by atoms with Crippen LogP contribution in [0.5, 0.6) is 0 Å². The van der Waals surface area contributed by atoms with E-state index in [2.05, 4.69) is 10.3 Å². The van der Waals surface area contributed by atoms with E-state index >= 15 is 0 Å². The van der Waals surface area contributed by atoms with Gasteiger partial charge in [-0.1, -0.05) is 13.3 Å². The topological polar surface area (TPSA) is 62.3 Å². The second-order valence-electron chi connectivity index (χ2n) is 5.31. The zero-order valence-corrected chi connectivity index (χ0v) is 13.0. The van der Waals surface area contributed by atoms with Crippen molar-refractivity contribution in [1.82, 2.24) is 15.2 Å². The molecule has 2 unspecified atom stereocenters. The molecule has 1 aromatic rings. The van der Waals surface area contributed by atoms with Crippen molar-refractivity contribution < 1.29 is 9.59 Å². The zero-order valence-electron chi connectivity index (χ0n) is 12.2. The zero-order chi connectivity index (χ0) is 14.7. The Kier molecular flexibility index (Phi) is 4.75. The number of carbonyl (C=O) groups is 2. The third-order valence-electron chi connectivity index (χ3n) is 3.48. The predicted octanol–water partition coefficient (Wildman–Crippen LogP) is 1.86. The summed E-state index contributed by atoms with van der Waals surface area (Å²) in [6.07, 6.45) is 1.91. The van der Waals surface area contributed by atoms with Crippen LogP contribution in [-0.2, 0) is 16.1 Å². The Morgan fingerprint density at radius 2 is 2.25 bits per heavy atom. The van der Waals surface area contributed by atoms with Gasteiger partial charge in [-0.2, -0.15) is 0 Å². The number of hydrogen-bond acceptors (Lipinski definition) is 4. The van der Waals surface area contributed by atoms with E-state index in [-0.39, 0.29) is 17.9 Å². The largest absolute Gasteiger partial charge is 0.344 e. The summed E-state index contributed by atoms with van der Waals surface area (Å²) in [4.78, 5) is 30.6. The molecule has 2 atom stereocenters. The highest BCUT2D eigenvalue weighted by Gasteiger charge is 2.33. The van der Waals surface area contributed by atoms with Gasteiger partial charge in [0.1, 0.15) is 11.0 Å². The summed E-state index contributed by atoms with van der Waals surface area (Å²) in [6, 6.07) is -0.480. The van der Waals surface area contributed by atoms with Crippen molar-refractivity contribution in [3.63, 3.8) is 0 Å². The molecule has 0 aromatic carbocycles. The molecule has 1 aliphatic heterocycles. The average Bonchev–Trinajstić information content (AvgIpc) is 2.76. The molecule has 110 valence electrons. The maximum atomic E-state index is 12.6. The molecule has 0 bridgehead atoms. The first-order valence-corrected chi connectivity index (χ1v) is 7.90. The highest BCUT2D eigenvalue weighted by Crippen LogP contribution is 2.19. The Bertz CT molecular complexity index is 500. The number of rotatable bonds is 4. The van der Waals surface area contributed by atoms with E-state index in [1.807, 2.05) is 26.2 Å². The van der Waals surface area contributed by atoms with Crippen LogP contribution in [0.25, 0.3) is 0 Å². The number of thiazole rings is 1. The Morgan fingerprint density at radius 1 is 1.50 bits per heavy atom. The van der Waals surface area contributed by atoms with E-state index in [0.29, 0.717) is 19.4 Å². The van der Waals surface area contributed by atoms with Crippen molar-refractivity contribution in [3.05, 3.63) is 16.1 Å². The van der Waals surface area contributed by atoms with E-state index in [1.54, 1.807) is 16.2 Å². The van der Waals surface area contributed by atoms with Crippen molar-refractivity contribution in [2.45, 2.75) is 58.7 Å². The smallest absolute Gasteiger partial charge is 0.245 e. The molecule has 1 aliphatic rings. The summed E-state index contributed by atoms with van der Waals surface area (Å²) >= 11 is 1.56. The van der Waals surface area contributed by atoms with Gasteiger partial charge in [0, 0.05) is 23.5 Å². The summed E-state index contributed by atoms with van der Waals surface area (Å²) in [6.45, 7) is 6.38. The number of hydrogen-bond donors (Lipinski definition) is 1. The van der Waals surface area contributed by atoms with Gasteiger partial charge in [0.2, 0.25) is 11.8 Å². The molecule has 2 heterocycles. The van der Waals surface area contributed by atoms with Crippen LogP contribution in [-0.4, -0.2) is 33.8 Å². The van der Waals surface area contributed by atoms with E-state index in [4.69, 9.17) is 0 Å². The number of aromatic nitrogens is 1. The fourth-order valence-corrected chi connectivity index (χ4v) is 3.22. The van der Waals surface area contributed by atoms with Crippen LogP contribution in [0.4, 0.5) is 0 Å². The molecule has 0 radical (unpaired) electrons. The van der Waals surface area contributed by atoms with Gasteiger partial charge in [0.15, 0.2) is 0 Å². The molecule has 5 nitrogen and oxygen atoms in total. The quantitative estimate of drug-likeness (QED) is 0.922. The minimum absolute atomic E-state index is 0.0121. The number of nitrogens with zero attached hydrogens (tertiary/aromatic N) is 2. The minimum atomic E-state index is -0.390. The maximum absolute atomic E-state index is 12.6. The fraction of sp³-hybridized carbons (Fsp3) is 0.643. The van der Waals surface area contributed by atoms with Gasteiger partial charge in [-0.3, -0.25) is 9.59 Å². The predicted molar refractivity (Wildman–Crippen MR) is 78.3 cm³/mol. The molecule has 20 heavy (non-hydrogen) atoms. The average molecular weight is 295 g/mol. The first-order chi connectivity index (χ1) is 9.51.